The van der Waals surface area contributed by atoms with Gasteiger partial charge in [0.2, 0.25) is 0 Å². The predicted molar refractivity (Wildman–Crippen MR) is 94.3 cm³/mol. The zero-order valence-corrected chi connectivity index (χ0v) is 14.8. The van der Waals surface area contributed by atoms with Crippen LogP contribution in [0, 0.1) is 0 Å². The predicted octanol–water partition coefficient (Wildman–Crippen LogP) is 2.27. The number of carboxylic acids is 1. The molecule has 138 valence electrons. The summed E-state index contributed by atoms with van der Waals surface area (Å²) < 4.78 is 5.05. The third-order valence-electron chi connectivity index (χ3n) is 3.26. The Morgan fingerprint density at radius 2 is 1.77 bits per heavy atom. The first-order valence-electron chi connectivity index (χ1n) is 7.40. The molecule has 0 bridgehead atoms. The fraction of sp³-hybridized carbons (Fsp3) is 0.188. The molecule has 0 saturated carbocycles. The number of carboxylic acid groups (broad SMARTS) is 1. The van der Waals surface area contributed by atoms with Gasteiger partial charge < -0.3 is 25.5 Å². The Bertz CT molecular complexity index is 775. The molecule has 10 heteroatoms. The Kier molecular flexibility index (Phi) is 6.88. The monoisotopic (exact) mass is 399 g/mol. The highest BCUT2D eigenvalue weighted by molar-refractivity contribution is 6.39. The van der Waals surface area contributed by atoms with E-state index in [1.165, 1.54) is 18.4 Å². The molecule has 3 amide bonds. The average molecular weight is 400 g/mol. The summed E-state index contributed by atoms with van der Waals surface area (Å²) in [5.74, 6) is -1.55. The van der Waals surface area contributed by atoms with Gasteiger partial charge in [-0.25, -0.2) is 9.59 Å². The number of nitrogens with one attached hydrogen (secondary N) is 3. The third kappa shape index (κ3) is 5.40. The molecule has 0 aliphatic rings. The smallest absolute Gasteiger partial charge is 0.328 e. The van der Waals surface area contributed by atoms with Gasteiger partial charge in [0, 0.05) is 0 Å². The number of hydrogen-bond donors (Lipinski definition) is 4. The Morgan fingerprint density at radius 3 is 2.35 bits per heavy atom. The van der Waals surface area contributed by atoms with E-state index in [1.807, 2.05) is 0 Å². The fourth-order valence-electron chi connectivity index (χ4n) is 1.98. The summed E-state index contributed by atoms with van der Waals surface area (Å²) in [5, 5.41) is 16.5. The van der Waals surface area contributed by atoms with Crippen LogP contribution in [0.3, 0.4) is 0 Å². The van der Waals surface area contributed by atoms with Gasteiger partial charge in [0.25, 0.3) is 5.91 Å². The number of hydrogen-bond acceptors (Lipinski definition) is 4. The number of aliphatic carboxylic acids is 1. The summed E-state index contributed by atoms with van der Waals surface area (Å²) in [6, 6.07) is 5.83. The molecule has 0 aliphatic carbocycles. The van der Waals surface area contributed by atoms with Crippen LogP contribution in [0.25, 0.3) is 0 Å². The van der Waals surface area contributed by atoms with Crippen LogP contribution >= 0.6 is 23.2 Å². The van der Waals surface area contributed by atoms with Crippen LogP contribution in [0.1, 0.15) is 16.1 Å². The average Bonchev–Trinajstić information content (AvgIpc) is 3.09. The van der Waals surface area contributed by atoms with Crippen molar-refractivity contribution in [1.29, 1.82) is 0 Å². The maximum absolute atomic E-state index is 12.2. The Morgan fingerprint density at radius 1 is 1.08 bits per heavy atom. The van der Waals surface area contributed by atoms with E-state index >= 15 is 0 Å². The lowest BCUT2D eigenvalue weighted by Crippen LogP contribution is -2.50. The SMILES string of the molecule is O=C(NCc1ccco1)NC[C@H](NC(=O)c1c(Cl)cccc1Cl)C(=O)O. The van der Waals surface area contributed by atoms with E-state index in [0.717, 1.165) is 0 Å². The molecule has 2 rings (SSSR count). The lowest BCUT2D eigenvalue weighted by atomic mass is 10.2. The highest BCUT2D eigenvalue weighted by atomic mass is 35.5. The van der Waals surface area contributed by atoms with Crippen LogP contribution in [-0.4, -0.2) is 35.6 Å². The minimum Gasteiger partial charge on any atom is -0.480 e. The van der Waals surface area contributed by atoms with E-state index in [4.69, 9.17) is 27.6 Å². The van der Waals surface area contributed by atoms with Gasteiger partial charge in [-0.15, -0.1) is 0 Å². The van der Waals surface area contributed by atoms with Crippen molar-refractivity contribution in [1.82, 2.24) is 16.0 Å². The highest BCUT2D eigenvalue weighted by Crippen LogP contribution is 2.24. The second-order valence-corrected chi connectivity index (χ2v) is 5.92. The summed E-state index contributed by atoms with van der Waals surface area (Å²) in [5.41, 5.74) is -0.0376. The van der Waals surface area contributed by atoms with Crippen molar-refractivity contribution < 1.29 is 23.9 Å². The molecule has 8 nitrogen and oxygen atoms in total. The van der Waals surface area contributed by atoms with Gasteiger partial charge in [-0.05, 0) is 24.3 Å². The number of carbonyl (C=O) groups is 3. The number of furan rings is 1. The molecular formula is C16H15Cl2N3O5. The minimum absolute atomic E-state index is 0.0376. The van der Waals surface area contributed by atoms with Gasteiger partial charge in [0.05, 0.1) is 35.0 Å². The van der Waals surface area contributed by atoms with E-state index < -0.39 is 23.9 Å². The number of urea groups is 1. The molecule has 0 unspecified atom stereocenters. The molecule has 0 fully saturated rings. The zero-order chi connectivity index (χ0) is 19.1. The fourth-order valence-corrected chi connectivity index (χ4v) is 2.55. The van der Waals surface area contributed by atoms with Crippen molar-refractivity contribution in [3.05, 3.63) is 58.0 Å². The highest BCUT2D eigenvalue weighted by Gasteiger charge is 2.23. The van der Waals surface area contributed by atoms with Crippen LogP contribution in [0.4, 0.5) is 4.79 Å². The molecule has 4 N–H and O–H groups in total. The first kappa shape index (κ1) is 19.6. The van der Waals surface area contributed by atoms with Crippen molar-refractivity contribution in [2.75, 3.05) is 6.54 Å². The maximum atomic E-state index is 12.2. The van der Waals surface area contributed by atoms with Crippen LogP contribution in [0.5, 0.6) is 0 Å². The van der Waals surface area contributed by atoms with Crippen LogP contribution in [-0.2, 0) is 11.3 Å². The Balaban J connectivity index is 1.91. The molecule has 0 saturated heterocycles. The molecule has 1 heterocycles. The maximum Gasteiger partial charge on any atom is 0.328 e. The molecule has 1 aromatic heterocycles. The second kappa shape index (κ2) is 9.12. The number of benzene rings is 1. The van der Waals surface area contributed by atoms with E-state index in [2.05, 4.69) is 16.0 Å². The lowest BCUT2D eigenvalue weighted by Gasteiger charge is -2.16. The normalized spacial score (nSPS) is 11.5. The molecular weight excluding hydrogens is 385 g/mol. The summed E-state index contributed by atoms with van der Waals surface area (Å²) in [7, 11) is 0. The molecule has 0 aliphatic heterocycles. The summed E-state index contributed by atoms with van der Waals surface area (Å²) >= 11 is 11.8. The van der Waals surface area contributed by atoms with Crippen LogP contribution in [0.15, 0.2) is 41.0 Å². The van der Waals surface area contributed by atoms with Gasteiger partial charge in [-0.3, -0.25) is 4.79 Å². The number of rotatable bonds is 7. The number of amides is 3. The van der Waals surface area contributed by atoms with E-state index in [0.29, 0.717) is 5.76 Å². The van der Waals surface area contributed by atoms with E-state index in [-0.39, 0.29) is 28.7 Å². The molecule has 0 spiro atoms. The number of carbonyl (C=O) groups excluding carboxylic acids is 2. The van der Waals surface area contributed by atoms with Crippen molar-refractivity contribution in [2.45, 2.75) is 12.6 Å². The molecule has 26 heavy (non-hydrogen) atoms. The Hall–Kier alpha value is -2.71. The van der Waals surface area contributed by atoms with Crippen molar-refractivity contribution in [3.63, 3.8) is 0 Å². The van der Waals surface area contributed by atoms with Gasteiger partial charge in [0.1, 0.15) is 11.8 Å². The summed E-state index contributed by atoms with van der Waals surface area (Å²) in [6.45, 7) is -0.203. The van der Waals surface area contributed by atoms with Crippen LogP contribution < -0.4 is 16.0 Å². The quantitative estimate of drug-likeness (QED) is 0.568. The minimum atomic E-state index is -1.37. The van der Waals surface area contributed by atoms with Crippen molar-refractivity contribution >= 4 is 41.1 Å². The largest absolute Gasteiger partial charge is 0.480 e. The zero-order valence-electron chi connectivity index (χ0n) is 13.3. The third-order valence-corrected chi connectivity index (χ3v) is 3.89. The lowest BCUT2D eigenvalue weighted by molar-refractivity contribution is -0.139. The van der Waals surface area contributed by atoms with Crippen LogP contribution in [0.2, 0.25) is 10.0 Å². The van der Waals surface area contributed by atoms with Gasteiger partial charge in [-0.2, -0.15) is 0 Å². The second-order valence-electron chi connectivity index (χ2n) is 5.10. The molecule has 0 radical (unpaired) electrons. The molecule has 1 aromatic carbocycles. The van der Waals surface area contributed by atoms with E-state index in [9.17, 15) is 19.5 Å². The standard InChI is InChI=1S/C16H15Cl2N3O5/c17-10-4-1-5-11(18)13(10)14(22)21-12(15(23)24)8-20-16(25)19-7-9-3-2-6-26-9/h1-6,12H,7-8H2,(H,21,22)(H,23,24)(H2,19,20,25)/t12-/m0/s1. The topological polar surface area (TPSA) is 121 Å². The molecule has 2 aromatic rings. The van der Waals surface area contributed by atoms with E-state index in [1.54, 1.807) is 18.2 Å². The van der Waals surface area contributed by atoms with Gasteiger partial charge in [0.15, 0.2) is 0 Å². The first-order valence-corrected chi connectivity index (χ1v) is 8.16. The summed E-state index contributed by atoms with van der Waals surface area (Å²) in [6.07, 6.45) is 1.46. The van der Waals surface area contributed by atoms with Gasteiger partial charge in [-0.1, -0.05) is 29.3 Å². The van der Waals surface area contributed by atoms with Gasteiger partial charge >= 0.3 is 12.0 Å². The first-order chi connectivity index (χ1) is 12.4. The molecule has 1 atom stereocenters. The summed E-state index contributed by atoms with van der Waals surface area (Å²) in [4.78, 5) is 35.3. The van der Waals surface area contributed by atoms with Crippen molar-refractivity contribution in [3.8, 4) is 0 Å². The van der Waals surface area contributed by atoms with Crippen molar-refractivity contribution in [2.24, 2.45) is 0 Å². The Labute approximate surface area is 158 Å². The number of halogens is 2.